The van der Waals surface area contributed by atoms with Gasteiger partial charge in [-0.25, -0.2) is 0 Å². The van der Waals surface area contributed by atoms with Crippen LogP contribution in [0, 0.1) is 5.92 Å². The van der Waals surface area contributed by atoms with E-state index in [1.807, 2.05) is 0 Å². The fourth-order valence-corrected chi connectivity index (χ4v) is 2.09. The van der Waals surface area contributed by atoms with Gasteiger partial charge in [-0.15, -0.1) is 11.6 Å². The van der Waals surface area contributed by atoms with E-state index in [2.05, 4.69) is 6.92 Å². The summed E-state index contributed by atoms with van der Waals surface area (Å²) in [5.41, 5.74) is 0. The van der Waals surface area contributed by atoms with Crippen LogP contribution in [-0.2, 0) is 4.79 Å². The molecule has 0 radical (unpaired) electrons. The summed E-state index contributed by atoms with van der Waals surface area (Å²) < 4.78 is 0. The van der Waals surface area contributed by atoms with Gasteiger partial charge in [0.25, 0.3) is 0 Å². The fourth-order valence-electron chi connectivity index (χ4n) is 1.96. The minimum absolute atomic E-state index is 0.0258. The number of rotatable bonds is 4. The molecular formula is C10H18ClNO2. The summed E-state index contributed by atoms with van der Waals surface area (Å²) in [7, 11) is 0. The third-order valence-corrected chi connectivity index (χ3v) is 3.18. The molecule has 82 valence electrons. The minimum Gasteiger partial charge on any atom is -0.394 e. The van der Waals surface area contributed by atoms with Crippen LogP contribution in [0.5, 0.6) is 0 Å². The molecule has 0 saturated carbocycles. The van der Waals surface area contributed by atoms with Gasteiger partial charge in [-0.05, 0) is 18.8 Å². The number of aliphatic hydroxyl groups is 1. The normalized spacial score (nSPS) is 26.9. The van der Waals surface area contributed by atoms with E-state index in [0.29, 0.717) is 18.2 Å². The molecule has 2 unspecified atom stereocenters. The molecule has 1 N–H and O–H groups in total. The second kappa shape index (κ2) is 5.56. The quantitative estimate of drug-likeness (QED) is 0.723. The lowest BCUT2D eigenvalue weighted by Gasteiger charge is -2.25. The molecule has 1 amide bonds. The number of hydrogen-bond acceptors (Lipinski definition) is 2. The summed E-state index contributed by atoms with van der Waals surface area (Å²) in [6, 6.07) is 0.0258. The Morgan fingerprint density at radius 1 is 1.64 bits per heavy atom. The Morgan fingerprint density at radius 2 is 2.36 bits per heavy atom. The first-order valence-corrected chi connectivity index (χ1v) is 5.70. The maximum Gasteiger partial charge on any atom is 0.222 e. The van der Waals surface area contributed by atoms with Gasteiger partial charge < -0.3 is 10.0 Å². The van der Waals surface area contributed by atoms with Gasteiger partial charge in [-0.3, -0.25) is 4.79 Å². The standard InChI is InChI=1S/C10H18ClNO2/c1-8-4-6-12(9(8)7-13)10(14)3-2-5-11/h8-9,13H,2-7H2,1H3. The average Bonchev–Trinajstić information content (AvgIpc) is 2.55. The van der Waals surface area contributed by atoms with Crippen LogP contribution < -0.4 is 0 Å². The molecule has 14 heavy (non-hydrogen) atoms. The van der Waals surface area contributed by atoms with Crippen molar-refractivity contribution in [3.8, 4) is 0 Å². The van der Waals surface area contributed by atoms with Gasteiger partial charge in [-0.2, -0.15) is 0 Å². The predicted molar refractivity (Wildman–Crippen MR) is 56.3 cm³/mol. The summed E-state index contributed by atoms with van der Waals surface area (Å²) in [5, 5.41) is 9.16. The van der Waals surface area contributed by atoms with Crippen molar-refractivity contribution in [3.05, 3.63) is 0 Å². The first kappa shape index (κ1) is 11.8. The zero-order chi connectivity index (χ0) is 10.6. The van der Waals surface area contributed by atoms with Crippen molar-refractivity contribution in [1.29, 1.82) is 0 Å². The molecule has 0 aromatic carbocycles. The van der Waals surface area contributed by atoms with Gasteiger partial charge in [0.15, 0.2) is 0 Å². The molecule has 1 aliphatic rings. The van der Waals surface area contributed by atoms with E-state index >= 15 is 0 Å². The molecule has 0 aromatic heterocycles. The molecule has 3 nitrogen and oxygen atoms in total. The Morgan fingerprint density at radius 3 is 2.93 bits per heavy atom. The summed E-state index contributed by atoms with van der Waals surface area (Å²) in [5.74, 6) is 1.08. The van der Waals surface area contributed by atoms with E-state index in [-0.39, 0.29) is 18.6 Å². The van der Waals surface area contributed by atoms with Crippen molar-refractivity contribution in [2.24, 2.45) is 5.92 Å². The molecule has 0 aliphatic carbocycles. The topological polar surface area (TPSA) is 40.5 Å². The smallest absolute Gasteiger partial charge is 0.222 e. The second-order valence-electron chi connectivity index (χ2n) is 3.90. The van der Waals surface area contributed by atoms with Gasteiger partial charge in [-0.1, -0.05) is 6.92 Å². The van der Waals surface area contributed by atoms with E-state index < -0.39 is 0 Å². The lowest BCUT2D eigenvalue weighted by Crippen LogP contribution is -2.39. The highest BCUT2D eigenvalue weighted by Crippen LogP contribution is 2.24. The van der Waals surface area contributed by atoms with E-state index in [4.69, 9.17) is 16.7 Å². The maximum absolute atomic E-state index is 11.7. The number of aliphatic hydroxyl groups excluding tert-OH is 1. The number of amides is 1. The van der Waals surface area contributed by atoms with Crippen LogP contribution in [0.25, 0.3) is 0 Å². The van der Waals surface area contributed by atoms with Crippen molar-refractivity contribution in [3.63, 3.8) is 0 Å². The van der Waals surface area contributed by atoms with E-state index in [0.717, 1.165) is 19.4 Å². The van der Waals surface area contributed by atoms with Crippen molar-refractivity contribution in [1.82, 2.24) is 4.90 Å². The van der Waals surface area contributed by atoms with Crippen molar-refractivity contribution in [2.75, 3.05) is 19.0 Å². The summed E-state index contributed by atoms with van der Waals surface area (Å²) in [6.45, 7) is 2.94. The third kappa shape index (κ3) is 2.61. The summed E-state index contributed by atoms with van der Waals surface area (Å²) in [4.78, 5) is 13.5. The second-order valence-corrected chi connectivity index (χ2v) is 4.27. The number of hydrogen-bond donors (Lipinski definition) is 1. The van der Waals surface area contributed by atoms with Crippen LogP contribution in [0.15, 0.2) is 0 Å². The third-order valence-electron chi connectivity index (χ3n) is 2.91. The van der Waals surface area contributed by atoms with Crippen LogP contribution in [0.4, 0.5) is 0 Å². The van der Waals surface area contributed by atoms with Gasteiger partial charge in [0.1, 0.15) is 0 Å². The van der Waals surface area contributed by atoms with Crippen molar-refractivity contribution < 1.29 is 9.90 Å². The molecule has 1 rings (SSSR count). The molecule has 1 saturated heterocycles. The van der Waals surface area contributed by atoms with E-state index in [1.54, 1.807) is 4.90 Å². The predicted octanol–water partition coefficient (Wildman–Crippen LogP) is 1.23. The van der Waals surface area contributed by atoms with Crippen LogP contribution >= 0.6 is 11.6 Å². The molecule has 1 heterocycles. The average molecular weight is 220 g/mol. The Bertz CT molecular complexity index is 199. The van der Waals surface area contributed by atoms with Crippen LogP contribution in [0.1, 0.15) is 26.2 Å². The number of nitrogens with zero attached hydrogens (tertiary/aromatic N) is 1. The molecule has 1 fully saturated rings. The van der Waals surface area contributed by atoms with Crippen LogP contribution in [0.2, 0.25) is 0 Å². The van der Waals surface area contributed by atoms with Crippen molar-refractivity contribution >= 4 is 17.5 Å². The van der Waals surface area contributed by atoms with Crippen molar-refractivity contribution in [2.45, 2.75) is 32.2 Å². The Labute approximate surface area is 90.0 Å². The molecule has 1 aliphatic heterocycles. The molecule has 0 bridgehead atoms. The first-order chi connectivity index (χ1) is 6.70. The highest BCUT2D eigenvalue weighted by atomic mass is 35.5. The monoisotopic (exact) mass is 219 g/mol. The number of likely N-dealkylation sites (tertiary alicyclic amines) is 1. The molecule has 0 aromatic rings. The zero-order valence-corrected chi connectivity index (χ0v) is 9.33. The largest absolute Gasteiger partial charge is 0.394 e. The number of carbonyl (C=O) groups is 1. The number of alkyl halides is 1. The molecular weight excluding hydrogens is 202 g/mol. The van der Waals surface area contributed by atoms with Gasteiger partial charge in [0.2, 0.25) is 5.91 Å². The highest BCUT2D eigenvalue weighted by Gasteiger charge is 2.33. The fraction of sp³-hybridized carbons (Fsp3) is 0.900. The Kier molecular flexibility index (Phi) is 4.69. The molecule has 4 heteroatoms. The highest BCUT2D eigenvalue weighted by molar-refractivity contribution is 6.17. The molecule has 2 atom stereocenters. The molecule has 0 spiro atoms. The summed E-state index contributed by atoms with van der Waals surface area (Å²) >= 11 is 5.53. The maximum atomic E-state index is 11.7. The van der Waals surface area contributed by atoms with Gasteiger partial charge in [0.05, 0.1) is 12.6 Å². The Hall–Kier alpha value is -0.280. The zero-order valence-electron chi connectivity index (χ0n) is 8.58. The first-order valence-electron chi connectivity index (χ1n) is 5.17. The lowest BCUT2D eigenvalue weighted by molar-refractivity contribution is -0.133. The van der Waals surface area contributed by atoms with E-state index in [1.165, 1.54) is 0 Å². The minimum atomic E-state index is 0.0258. The van der Waals surface area contributed by atoms with Gasteiger partial charge in [0, 0.05) is 18.8 Å². The Balaban J connectivity index is 2.46. The number of carbonyl (C=O) groups excluding carboxylic acids is 1. The summed E-state index contributed by atoms with van der Waals surface area (Å²) in [6.07, 6.45) is 2.23. The lowest BCUT2D eigenvalue weighted by atomic mass is 10.0. The van der Waals surface area contributed by atoms with Gasteiger partial charge >= 0.3 is 0 Å². The van der Waals surface area contributed by atoms with Crippen LogP contribution in [0.3, 0.4) is 0 Å². The SMILES string of the molecule is CC1CCN(C(=O)CCCCl)C1CO. The van der Waals surface area contributed by atoms with E-state index in [9.17, 15) is 4.79 Å². The number of halogens is 1. The van der Waals surface area contributed by atoms with Crippen LogP contribution in [-0.4, -0.2) is 41.0 Å².